The molecule has 0 spiro atoms. The van der Waals surface area contributed by atoms with Crippen LogP contribution in [0.25, 0.3) is 6.08 Å². The van der Waals surface area contributed by atoms with Gasteiger partial charge in [-0.05, 0) is 18.2 Å². The Morgan fingerprint density at radius 3 is 2.81 bits per heavy atom. The van der Waals surface area contributed by atoms with E-state index in [1.54, 1.807) is 50.6 Å². The molecule has 21 heavy (non-hydrogen) atoms. The van der Waals surface area contributed by atoms with Gasteiger partial charge in [-0.3, -0.25) is 4.79 Å². The molecule has 0 bridgehead atoms. The number of hydrogen-bond donors (Lipinski definition) is 0. The highest BCUT2D eigenvalue weighted by atomic mass is 16.6. The zero-order valence-electron chi connectivity index (χ0n) is 12.5. The number of furan rings is 1. The number of ether oxygens (including phenoxy) is 3. The second kappa shape index (κ2) is 7.40. The first kappa shape index (κ1) is 15.8. The van der Waals surface area contributed by atoms with Crippen molar-refractivity contribution in [2.75, 3.05) is 34.5 Å². The van der Waals surface area contributed by atoms with Crippen molar-refractivity contribution in [3.05, 3.63) is 30.2 Å². The maximum Gasteiger partial charge on any atom is 0.246 e. The van der Waals surface area contributed by atoms with Gasteiger partial charge in [0.25, 0.3) is 0 Å². The van der Waals surface area contributed by atoms with Crippen molar-refractivity contribution >= 4 is 12.0 Å². The molecule has 0 N–H and O–H groups in total. The molecule has 1 amide bonds. The van der Waals surface area contributed by atoms with Gasteiger partial charge in [-0.15, -0.1) is 0 Å². The predicted octanol–water partition coefficient (Wildman–Crippen LogP) is 1.18. The van der Waals surface area contributed by atoms with Crippen molar-refractivity contribution in [1.29, 1.82) is 0 Å². The van der Waals surface area contributed by atoms with Gasteiger partial charge >= 0.3 is 0 Å². The molecule has 2 heterocycles. The lowest BCUT2D eigenvalue weighted by molar-refractivity contribution is -0.161. The SMILES string of the molecule is CO[C@H]1[C@H](N(C)C(=O)C=Cc2ccco2)COC[C@H]1OC. The fourth-order valence-electron chi connectivity index (χ4n) is 2.41. The standard InChI is InChI=1S/C15H21NO5/c1-16(14(17)7-6-11-5-4-8-21-11)12-9-20-10-13(18-2)15(12)19-3/h4-8,12-13,15H,9-10H2,1-3H3/t12-,13-,15+/m1/s1. The van der Waals surface area contributed by atoms with Crippen LogP contribution < -0.4 is 0 Å². The molecule has 0 aliphatic carbocycles. The predicted molar refractivity (Wildman–Crippen MR) is 76.7 cm³/mol. The van der Waals surface area contributed by atoms with Crippen molar-refractivity contribution < 1.29 is 23.4 Å². The molecule has 1 fully saturated rings. The number of rotatable bonds is 5. The fraction of sp³-hybridized carbons (Fsp3) is 0.533. The molecule has 1 saturated heterocycles. The molecule has 116 valence electrons. The molecule has 6 heteroatoms. The van der Waals surface area contributed by atoms with Crippen molar-refractivity contribution in [3.8, 4) is 0 Å². The fourth-order valence-corrected chi connectivity index (χ4v) is 2.41. The van der Waals surface area contributed by atoms with E-state index < -0.39 is 0 Å². The van der Waals surface area contributed by atoms with Crippen LogP contribution in [0.2, 0.25) is 0 Å². The van der Waals surface area contributed by atoms with Gasteiger partial charge in [-0.25, -0.2) is 0 Å². The van der Waals surface area contributed by atoms with Crippen LogP contribution in [0.5, 0.6) is 0 Å². The molecule has 6 nitrogen and oxygen atoms in total. The smallest absolute Gasteiger partial charge is 0.246 e. The first-order valence-electron chi connectivity index (χ1n) is 6.79. The van der Waals surface area contributed by atoms with Gasteiger partial charge in [0.05, 0.1) is 25.5 Å². The molecule has 3 atom stereocenters. The van der Waals surface area contributed by atoms with Crippen LogP contribution in [0.4, 0.5) is 0 Å². The largest absolute Gasteiger partial charge is 0.465 e. The number of methoxy groups -OCH3 is 2. The van der Waals surface area contributed by atoms with E-state index in [1.165, 1.54) is 6.08 Å². The number of amides is 1. The highest BCUT2D eigenvalue weighted by Crippen LogP contribution is 2.19. The second-order valence-corrected chi connectivity index (χ2v) is 4.88. The van der Waals surface area contributed by atoms with Gasteiger partial charge in [0.2, 0.25) is 5.91 Å². The van der Waals surface area contributed by atoms with Crippen LogP contribution in [-0.2, 0) is 19.0 Å². The Balaban J connectivity index is 2.03. The summed E-state index contributed by atoms with van der Waals surface area (Å²) < 4.78 is 21.5. The third kappa shape index (κ3) is 3.72. The maximum absolute atomic E-state index is 12.2. The number of nitrogens with zero attached hydrogens (tertiary/aromatic N) is 1. The summed E-state index contributed by atoms with van der Waals surface area (Å²) in [5, 5.41) is 0. The molecule has 0 aromatic carbocycles. The maximum atomic E-state index is 12.2. The Morgan fingerprint density at radius 1 is 1.38 bits per heavy atom. The van der Waals surface area contributed by atoms with Crippen molar-refractivity contribution in [3.63, 3.8) is 0 Å². The highest BCUT2D eigenvalue weighted by molar-refractivity contribution is 5.91. The summed E-state index contributed by atoms with van der Waals surface area (Å²) in [6.45, 7) is 0.894. The molecular formula is C15H21NO5. The van der Waals surface area contributed by atoms with Crippen molar-refractivity contribution in [2.24, 2.45) is 0 Å². The minimum absolute atomic E-state index is 0.140. The van der Waals surface area contributed by atoms with E-state index in [9.17, 15) is 4.79 Å². The van der Waals surface area contributed by atoms with E-state index in [4.69, 9.17) is 18.6 Å². The van der Waals surface area contributed by atoms with Gasteiger partial charge < -0.3 is 23.5 Å². The second-order valence-electron chi connectivity index (χ2n) is 4.88. The normalized spacial score (nSPS) is 26.1. The molecular weight excluding hydrogens is 274 g/mol. The lowest BCUT2D eigenvalue weighted by Gasteiger charge is -2.40. The molecule has 0 saturated carbocycles. The van der Waals surface area contributed by atoms with Crippen LogP contribution in [-0.4, -0.2) is 63.5 Å². The van der Waals surface area contributed by atoms with E-state index in [0.717, 1.165) is 0 Å². The molecule has 1 aromatic rings. The number of likely N-dealkylation sites (N-methyl/N-ethyl adjacent to an activating group) is 1. The summed E-state index contributed by atoms with van der Waals surface area (Å²) in [7, 11) is 4.96. The van der Waals surface area contributed by atoms with Crippen LogP contribution in [0.3, 0.4) is 0 Å². The Hall–Kier alpha value is -1.63. The van der Waals surface area contributed by atoms with Crippen LogP contribution in [0.1, 0.15) is 5.76 Å². The summed E-state index contributed by atoms with van der Waals surface area (Å²) in [6.07, 6.45) is 4.28. The first-order chi connectivity index (χ1) is 10.2. The summed E-state index contributed by atoms with van der Waals surface area (Å²) in [6, 6.07) is 3.36. The van der Waals surface area contributed by atoms with Gasteiger partial charge in [-0.2, -0.15) is 0 Å². The monoisotopic (exact) mass is 295 g/mol. The molecule has 1 aliphatic heterocycles. The summed E-state index contributed by atoms with van der Waals surface area (Å²) in [4.78, 5) is 13.8. The summed E-state index contributed by atoms with van der Waals surface area (Å²) in [5.41, 5.74) is 0. The zero-order valence-corrected chi connectivity index (χ0v) is 12.5. The molecule has 2 rings (SSSR count). The summed E-state index contributed by atoms with van der Waals surface area (Å²) >= 11 is 0. The lowest BCUT2D eigenvalue weighted by atomic mass is 10.0. The van der Waals surface area contributed by atoms with E-state index in [2.05, 4.69) is 0 Å². The van der Waals surface area contributed by atoms with Crippen molar-refractivity contribution in [1.82, 2.24) is 4.90 Å². The average Bonchev–Trinajstić information content (AvgIpc) is 3.04. The van der Waals surface area contributed by atoms with E-state index in [0.29, 0.717) is 19.0 Å². The Morgan fingerprint density at radius 2 is 2.19 bits per heavy atom. The van der Waals surface area contributed by atoms with Crippen LogP contribution >= 0.6 is 0 Å². The van der Waals surface area contributed by atoms with E-state index in [-0.39, 0.29) is 24.2 Å². The first-order valence-corrected chi connectivity index (χ1v) is 6.79. The van der Waals surface area contributed by atoms with Gasteiger partial charge in [-0.1, -0.05) is 0 Å². The zero-order chi connectivity index (χ0) is 15.2. The minimum Gasteiger partial charge on any atom is -0.465 e. The third-order valence-electron chi connectivity index (χ3n) is 3.67. The lowest BCUT2D eigenvalue weighted by Crippen LogP contribution is -2.57. The Labute approximate surface area is 124 Å². The minimum atomic E-state index is -0.213. The highest BCUT2D eigenvalue weighted by Gasteiger charge is 2.38. The number of carbonyl (C=O) groups excluding carboxylic acids is 1. The van der Waals surface area contributed by atoms with E-state index in [1.807, 2.05) is 0 Å². The van der Waals surface area contributed by atoms with Gasteiger partial charge in [0.15, 0.2) is 0 Å². The van der Waals surface area contributed by atoms with Crippen LogP contribution in [0, 0.1) is 0 Å². The third-order valence-corrected chi connectivity index (χ3v) is 3.67. The number of hydrogen-bond acceptors (Lipinski definition) is 5. The van der Waals surface area contributed by atoms with Gasteiger partial charge in [0.1, 0.15) is 18.0 Å². The average molecular weight is 295 g/mol. The topological polar surface area (TPSA) is 61.1 Å². The molecule has 0 radical (unpaired) electrons. The molecule has 1 aromatic heterocycles. The quantitative estimate of drug-likeness (QED) is 0.763. The molecule has 0 unspecified atom stereocenters. The number of carbonyl (C=O) groups is 1. The Bertz CT molecular complexity index is 470. The van der Waals surface area contributed by atoms with E-state index >= 15 is 0 Å². The summed E-state index contributed by atoms with van der Waals surface area (Å²) in [5.74, 6) is 0.494. The van der Waals surface area contributed by atoms with Gasteiger partial charge in [0, 0.05) is 27.3 Å². The molecule has 1 aliphatic rings. The van der Waals surface area contributed by atoms with Crippen LogP contribution in [0.15, 0.2) is 28.9 Å². The Kier molecular flexibility index (Phi) is 5.55. The van der Waals surface area contributed by atoms with Crippen molar-refractivity contribution in [2.45, 2.75) is 18.2 Å².